The number of unbranched alkanes of at least 4 members (excludes halogenated alkanes) is 24. The molecule has 10 nitrogen and oxygen atoms in total. The second-order valence-corrected chi connectivity index (χ2v) is 18.8. The van der Waals surface area contributed by atoms with Gasteiger partial charge in [0.15, 0.2) is 0 Å². The highest BCUT2D eigenvalue weighted by Crippen LogP contribution is 2.22. The quantitative estimate of drug-likeness (QED) is 0.0363. The summed E-state index contributed by atoms with van der Waals surface area (Å²) in [7, 11) is 3.91. The Morgan fingerprint density at radius 1 is 0.548 bits per heavy atom. The van der Waals surface area contributed by atoms with Crippen LogP contribution in [0.1, 0.15) is 245 Å². The summed E-state index contributed by atoms with van der Waals surface area (Å²) in [5.41, 5.74) is 0. The number of esters is 3. The summed E-state index contributed by atoms with van der Waals surface area (Å²) >= 11 is 0. The van der Waals surface area contributed by atoms with Crippen LogP contribution in [0.15, 0.2) is 0 Å². The first-order valence-corrected chi connectivity index (χ1v) is 26.4. The highest BCUT2D eigenvalue weighted by atomic mass is 16.5. The zero-order valence-electron chi connectivity index (χ0n) is 41.3. The summed E-state index contributed by atoms with van der Waals surface area (Å²) in [6.45, 7) is 9.66. The fourth-order valence-corrected chi connectivity index (χ4v) is 8.54. The van der Waals surface area contributed by atoms with Crippen LogP contribution in [-0.4, -0.2) is 98.7 Å². The van der Waals surface area contributed by atoms with Crippen molar-refractivity contribution in [2.45, 2.75) is 264 Å². The largest absolute Gasteiger partial charge is 0.466 e. The number of carbonyl (C=O) groups excluding carboxylic acids is 4. The Hall–Kier alpha value is -2.20. The van der Waals surface area contributed by atoms with Crippen LogP contribution < -0.4 is 5.32 Å². The summed E-state index contributed by atoms with van der Waals surface area (Å²) < 4.78 is 17.3. The molecule has 0 saturated carbocycles. The van der Waals surface area contributed by atoms with Crippen LogP contribution in [0.5, 0.6) is 0 Å². The Balaban J connectivity index is 2.38. The molecular weight excluding hydrogens is 779 g/mol. The molecule has 1 fully saturated rings. The minimum atomic E-state index is -0.382. The third-order valence-corrected chi connectivity index (χ3v) is 12.5. The van der Waals surface area contributed by atoms with E-state index in [9.17, 15) is 19.2 Å². The molecule has 0 aliphatic carbocycles. The summed E-state index contributed by atoms with van der Waals surface area (Å²) in [5.74, 6) is -0.366. The van der Waals surface area contributed by atoms with E-state index in [4.69, 9.17) is 14.2 Å². The molecule has 1 amide bonds. The van der Waals surface area contributed by atoms with E-state index in [0.29, 0.717) is 52.0 Å². The zero-order valence-corrected chi connectivity index (χ0v) is 41.3. The van der Waals surface area contributed by atoms with Crippen molar-refractivity contribution >= 4 is 23.8 Å². The van der Waals surface area contributed by atoms with Crippen LogP contribution in [0, 0.1) is 0 Å². The van der Waals surface area contributed by atoms with Crippen molar-refractivity contribution < 1.29 is 33.4 Å². The standard InChI is InChI=1S/C52H99N3O7/c1-6-9-12-15-18-19-20-25-33-42-60-50(57)37-31-27-32-40-55-45-46(53-49(56)39-41-54(4)5)44-48(55)52(59)61-43-34-26-21-24-30-38-51(58)62-47(35-28-22-16-13-10-7-2)36-29-23-17-14-11-8-3/h46-48H,6-45H2,1-5H3,(H,53,56)/t46-,48+/m1/s1. The molecule has 0 unspecified atom stereocenters. The molecule has 62 heavy (non-hydrogen) atoms. The Morgan fingerprint density at radius 3 is 1.53 bits per heavy atom. The lowest BCUT2D eigenvalue weighted by Gasteiger charge is -2.22. The average Bonchev–Trinajstić information content (AvgIpc) is 3.65. The Labute approximate surface area is 381 Å². The third-order valence-electron chi connectivity index (χ3n) is 12.5. The molecule has 364 valence electrons. The maximum atomic E-state index is 13.4. The van der Waals surface area contributed by atoms with Gasteiger partial charge < -0.3 is 24.4 Å². The number of hydrogen-bond donors (Lipinski definition) is 1. The van der Waals surface area contributed by atoms with E-state index in [1.807, 2.05) is 19.0 Å². The SMILES string of the molecule is CCCCCCCCCCCOC(=O)CCCCCN1C[C@H](NC(=O)CCN(C)C)C[C@H]1C(=O)OCCCCCCCC(=O)OC(CCCCCCCC)CCCCCCCC. The van der Waals surface area contributed by atoms with Gasteiger partial charge in [0.2, 0.25) is 5.91 Å². The Kier molecular flexibility index (Phi) is 38.7. The van der Waals surface area contributed by atoms with Crippen LogP contribution in [0.2, 0.25) is 0 Å². The predicted molar refractivity (Wildman–Crippen MR) is 256 cm³/mol. The normalized spacial score (nSPS) is 15.4. The fourth-order valence-electron chi connectivity index (χ4n) is 8.54. The lowest BCUT2D eigenvalue weighted by Crippen LogP contribution is -2.39. The number of carbonyl (C=O) groups is 4. The first-order chi connectivity index (χ1) is 30.2. The number of nitrogens with zero attached hydrogens (tertiary/aromatic N) is 2. The number of ether oxygens (including phenoxy) is 3. The molecule has 1 rings (SSSR count). The second kappa shape index (κ2) is 41.5. The first kappa shape index (κ1) is 57.8. The molecule has 0 aromatic heterocycles. The van der Waals surface area contributed by atoms with Crippen molar-refractivity contribution in [1.29, 1.82) is 0 Å². The Bertz CT molecular complexity index is 1070. The molecule has 1 aliphatic heterocycles. The highest BCUT2D eigenvalue weighted by molar-refractivity contribution is 5.78. The highest BCUT2D eigenvalue weighted by Gasteiger charge is 2.38. The van der Waals surface area contributed by atoms with Crippen molar-refractivity contribution in [1.82, 2.24) is 15.1 Å². The number of rotatable bonds is 44. The molecular formula is C52H99N3O7. The van der Waals surface area contributed by atoms with Crippen molar-refractivity contribution in [3.63, 3.8) is 0 Å². The summed E-state index contributed by atoms with van der Waals surface area (Å²) in [6.07, 6.45) is 37.2. The molecule has 10 heteroatoms. The van der Waals surface area contributed by atoms with Crippen LogP contribution in [0.25, 0.3) is 0 Å². The monoisotopic (exact) mass is 878 g/mol. The van der Waals surface area contributed by atoms with Crippen LogP contribution >= 0.6 is 0 Å². The first-order valence-electron chi connectivity index (χ1n) is 26.4. The van der Waals surface area contributed by atoms with Gasteiger partial charge in [-0.15, -0.1) is 0 Å². The molecule has 0 radical (unpaired) electrons. The van der Waals surface area contributed by atoms with Gasteiger partial charge in [0, 0.05) is 38.4 Å². The van der Waals surface area contributed by atoms with E-state index < -0.39 is 0 Å². The second-order valence-electron chi connectivity index (χ2n) is 18.8. The van der Waals surface area contributed by atoms with E-state index in [1.54, 1.807) is 0 Å². The molecule has 0 aromatic carbocycles. The summed E-state index contributed by atoms with van der Waals surface area (Å²) in [6, 6.07) is -0.473. The minimum absolute atomic E-state index is 0.00741. The van der Waals surface area contributed by atoms with Crippen LogP contribution in [0.4, 0.5) is 0 Å². The number of likely N-dealkylation sites (tertiary alicyclic amines) is 1. The van der Waals surface area contributed by atoms with Crippen molar-refractivity contribution in [2.24, 2.45) is 0 Å². The van der Waals surface area contributed by atoms with Crippen LogP contribution in [0.3, 0.4) is 0 Å². The predicted octanol–water partition coefficient (Wildman–Crippen LogP) is 12.4. The molecule has 2 atom stereocenters. The van der Waals surface area contributed by atoms with Crippen molar-refractivity contribution in [3.8, 4) is 0 Å². The molecule has 1 saturated heterocycles. The van der Waals surface area contributed by atoms with E-state index in [2.05, 4.69) is 31.0 Å². The number of hydrogen-bond acceptors (Lipinski definition) is 9. The van der Waals surface area contributed by atoms with Gasteiger partial charge in [-0.1, -0.05) is 162 Å². The molecule has 1 N–H and O–H groups in total. The van der Waals surface area contributed by atoms with Crippen molar-refractivity contribution in [3.05, 3.63) is 0 Å². The van der Waals surface area contributed by atoms with E-state index in [-0.39, 0.29) is 42.0 Å². The van der Waals surface area contributed by atoms with E-state index in [1.165, 1.54) is 109 Å². The average molecular weight is 878 g/mol. The Morgan fingerprint density at radius 2 is 1.00 bits per heavy atom. The van der Waals surface area contributed by atoms with Crippen molar-refractivity contribution in [2.75, 3.05) is 46.9 Å². The maximum absolute atomic E-state index is 13.4. The van der Waals surface area contributed by atoms with E-state index >= 15 is 0 Å². The molecule has 0 bridgehead atoms. The fraction of sp³-hybridized carbons (Fsp3) is 0.923. The number of nitrogens with one attached hydrogen (secondary N) is 1. The van der Waals surface area contributed by atoms with Gasteiger partial charge in [-0.25, -0.2) is 0 Å². The molecule has 1 aliphatic rings. The van der Waals surface area contributed by atoms with E-state index in [0.717, 1.165) is 96.4 Å². The molecule has 0 spiro atoms. The maximum Gasteiger partial charge on any atom is 0.323 e. The number of amides is 1. The topological polar surface area (TPSA) is 114 Å². The van der Waals surface area contributed by atoms with Gasteiger partial charge in [-0.05, 0) is 84.8 Å². The molecule has 0 aromatic rings. The van der Waals surface area contributed by atoms with Gasteiger partial charge in [0.05, 0.1) is 13.2 Å². The van der Waals surface area contributed by atoms with Gasteiger partial charge >= 0.3 is 17.9 Å². The summed E-state index contributed by atoms with van der Waals surface area (Å²) in [5, 5.41) is 3.15. The lowest BCUT2D eigenvalue weighted by molar-refractivity contribution is -0.150. The third kappa shape index (κ3) is 34.2. The van der Waals surface area contributed by atoms with Crippen LogP contribution in [-0.2, 0) is 33.4 Å². The minimum Gasteiger partial charge on any atom is -0.466 e. The van der Waals surface area contributed by atoms with Gasteiger partial charge in [0.25, 0.3) is 0 Å². The zero-order chi connectivity index (χ0) is 45.3. The van der Waals surface area contributed by atoms with Gasteiger partial charge in [-0.2, -0.15) is 0 Å². The van der Waals surface area contributed by atoms with Gasteiger partial charge in [-0.3, -0.25) is 24.1 Å². The summed E-state index contributed by atoms with van der Waals surface area (Å²) in [4.78, 5) is 55.3. The lowest BCUT2D eigenvalue weighted by atomic mass is 10.0. The van der Waals surface area contributed by atoms with Gasteiger partial charge in [0.1, 0.15) is 12.1 Å². The molecule has 1 heterocycles. The smallest absolute Gasteiger partial charge is 0.323 e.